The number of para-hydroxylation sites is 1. The van der Waals surface area contributed by atoms with Crippen LogP contribution in [0.3, 0.4) is 0 Å². The second-order valence-electron chi connectivity index (χ2n) is 4.53. The van der Waals surface area contributed by atoms with Gasteiger partial charge in [0.1, 0.15) is 0 Å². The van der Waals surface area contributed by atoms with Crippen LogP contribution in [0.1, 0.15) is 37.0 Å². The van der Waals surface area contributed by atoms with Crippen molar-refractivity contribution in [2.24, 2.45) is 0 Å². The summed E-state index contributed by atoms with van der Waals surface area (Å²) in [4.78, 5) is 14.0. The molecule has 0 saturated carbocycles. The van der Waals surface area contributed by atoms with Crippen LogP contribution in [0.2, 0.25) is 0 Å². The molecule has 3 N–H and O–H groups in total. The lowest BCUT2D eigenvalue weighted by Crippen LogP contribution is -2.30. The molecule has 0 fully saturated rings. The van der Waals surface area contributed by atoms with Crippen molar-refractivity contribution in [1.82, 2.24) is 0 Å². The summed E-state index contributed by atoms with van der Waals surface area (Å²) in [6, 6.07) is 5.20. The first-order valence-electron chi connectivity index (χ1n) is 7.07. The molecule has 5 nitrogen and oxygen atoms in total. The van der Waals surface area contributed by atoms with Crippen molar-refractivity contribution in [1.29, 1.82) is 0 Å². The Morgan fingerprint density at radius 3 is 2.70 bits per heavy atom. The van der Waals surface area contributed by atoms with E-state index in [2.05, 4.69) is 6.92 Å². The van der Waals surface area contributed by atoms with E-state index in [0.29, 0.717) is 30.1 Å². The number of carbonyl (C=O) groups excluding carboxylic acids is 1. The molecule has 0 unspecified atom stereocenters. The standard InChI is InChI=1S/C15H24N2O3/c1-3-5-9-17(10-11-18)14-12(15(19)20-4-2)7-6-8-13(14)16/h6-8,18H,3-5,9-11,16H2,1-2H3. The summed E-state index contributed by atoms with van der Waals surface area (Å²) in [5.74, 6) is -0.380. The normalized spacial score (nSPS) is 10.3. The van der Waals surface area contributed by atoms with Gasteiger partial charge in [0.15, 0.2) is 0 Å². The SMILES string of the molecule is CCCCN(CCO)c1c(N)cccc1C(=O)OCC. The molecule has 0 atom stereocenters. The Morgan fingerprint density at radius 1 is 1.35 bits per heavy atom. The van der Waals surface area contributed by atoms with Crippen molar-refractivity contribution in [2.45, 2.75) is 26.7 Å². The fourth-order valence-electron chi connectivity index (χ4n) is 2.09. The van der Waals surface area contributed by atoms with E-state index in [1.807, 2.05) is 4.90 Å². The van der Waals surface area contributed by atoms with Crippen LogP contribution in [0.15, 0.2) is 18.2 Å². The number of ether oxygens (including phenoxy) is 1. The van der Waals surface area contributed by atoms with Crippen molar-refractivity contribution < 1.29 is 14.6 Å². The van der Waals surface area contributed by atoms with Crippen LogP contribution < -0.4 is 10.6 Å². The van der Waals surface area contributed by atoms with Gasteiger partial charge in [0.2, 0.25) is 0 Å². The van der Waals surface area contributed by atoms with Crippen LogP contribution in [0.25, 0.3) is 0 Å². The molecule has 0 aromatic heterocycles. The molecule has 0 radical (unpaired) electrons. The highest BCUT2D eigenvalue weighted by Crippen LogP contribution is 2.29. The summed E-state index contributed by atoms with van der Waals surface area (Å²) in [6.07, 6.45) is 2.00. The number of esters is 1. The van der Waals surface area contributed by atoms with Gasteiger partial charge in [-0.3, -0.25) is 0 Å². The maximum Gasteiger partial charge on any atom is 0.340 e. The van der Waals surface area contributed by atoms with Crippen molar-refractivity contribution in [3.8, 4) is 0 Å². The molecule has 20 heavy (non-hydrogen) atoms. The van der Waals surface area contributed by atoms with Crippen molar-refractivity contribution in [3.63, 3.8) is 0 Å². The summed E-state index contributed by atoms with van der Waals surface area (Å²) in [6.45, 7) is 5.39. The molecule has 0 bridgehead atoms. The lowest BCUT2D eigenvalue weighted by atomic mass is 10.1. The number of hydrogen-bond acceptors (Lipinski definition) is 5. The molecule has 0 heterocycles. The number of nitrogens with zero attached hydrogens (tertiary/aromatic N) is 1. The number of rotatable bonds is 8. The van der Waals surface area contributed by atoms with E-state index in [0.717, 1.165) is 19.4 Å². The van der Waals surface area contributed by atoms with Gasteiger partial charge in [-0.1, -0.05) is 19.4 Å². The number of nitrogen functional groups attached to an aromatic ring is 1. The van der Waals surface area contributed by atoms with Crippen LogP contribution in [0, 0.1) is 0 Å². The number of carbonyl (C=O) groups is 1. The van der Waals surface area contributed by atoms with E-state index < -0.39 is 0 Å². The summed E-state index contributed by atoms with van der Waals surface area (Å²) in [5, 5.41) is 9.22. The fraction of sp³-hybridized carbons (Fsp3) is 0.533. The lowest BCUT2D eigenvalue weighted by molar-refractivity contribution is 0.0527. The molecule has 0 amide bonds. The number of hydrogen-bond donors (Lipinski definition) is 2. The maximum atomic E-state index is 12.0. The zero-order chi connectivity index (χ0) is 15.0. The Bertz CT molecular complexity index is 435. The van der Waals surface area contributed by atoms with Gasteiger partial charge in [0.25, 0.3) is 0 Å². The Labute approximate surface area is 120 Å². The Kier molecular flexibility index (Phi) is 6.87. The minimum Gasteiger partial charge on any atom is -0.462 e. The predicted molar refractivity (Wildman–Crippen MR) is 81.0 cm³/mol. The third kappa shape index (κ3) is 4.13. The number of unbranched alkanes of at least 4 members (excludes halogenated alkanes) is 1. The zero-order valence-corrected chi connectivity index (χ0v) is 12.3. The first-order chi connectivity index (χ1) is 9.65. The molecule has 0 aliphatic carbocycles. The maximum absolute atomic E-state index is 12.0. The molecule has 0 saturated heterocycles. The topological polar surface area (TPSA) is 75.8 Å². The third-order valence-corrected chi connectivity index (χ3v) is 3.03. The Hall–Kier alpha value is -1.75. The summed E-state index contributed by atoms with van der Waals surface area (Å²) >= 11 is 0. The van der Waals surface area contributed by atoms with Crippen LogP contribution >= 0.6 is 0 Å². The number of nitrogens with two attached hydrogens (primary N) is 1. The molecular weight excluding hydrogens is 256 g/mol. The minimum absolute atomic E-state index is 0.0142. The average molecular weight is 280 g/mol. The van der Waals surface area contributed by atoms with Gasteiger partial charge in [0, 0.05) is 13.1 Å². The first kappa shape index (κ1) is 16.3. The average Bonchev–Trinajstić information content (AvgIpc) is 2.44. The van der Waals surface area contributed by atoms with Crippen LogP contribution in [-0.4, -0.2) is 37.4 Å². The molecule has 1 aromatic carbocycles. The summed E-state index contributed by atoms with van der Waals surface area (Å²) < 4.78 is 5.07. The summed E-state index contributed by atoms with van der Waals surface area (Å²) in [7, 11) is 0. The molecule has 0 aliphatic rings. The van der Waals surface area contributed by atoms with E-state index in [4.69, 9.17) is 10.5 Å². The molecular formula is C15H24N2O3. The largest absolute Gasteiger partial charge is 0.462 e. The molecule has 0 spiro atoms. The van der Waals surface area contributed by atoms with E-state index in [9.17, 15) is 9.90 Å². The monoisotopic (exact) mass is 280 g/mol. The highest BCUT2D eigenvalue weighted by molar-refractivity contribution is 5.99. The fourth-order valence-corrected chi connectivity index (χ4v) is 2.09. The van der Waals surface area contributed by atoms with Crippen molar-refractivity contribution >= 4 is 17.3 Å². The molecule has 1 rings (SSSR count). The van der Waals surface area contributed by atoms with Crippen LogP contribution in [0.4, 0.5) is 11.4 Å². The number of aliphatic hydroxyl groups excluding tert-OH is 1. The van der Waals surface area contributed by atoms with Gasteiger partial charge in [-0.25, -0.2) is 4.79 Å². The Balaban J connectivity index is 3.13. The van der Waals surface area contributed by atoms with Gasteiger partial charge in [-0.05, 0) is 25.5 Å². The number of benzene rings is 1. The predicted octanol–water partition coefficient (Wildman–Crippen LogP) is 2.04. The van der Waals surface area contributed by atoms with Gasteiger partial charge in [0.05, 0.1) is 30.2 Å². The van der Waals surface area contributed by atoms with E-state index in [1.54, 1.807) is 25.1 Å². The number of aliphatic hydroxyl groups is 1. The second kappa shape index (κ2) is 8.43. The van der Waals surface area contributed by atoms with E-state index in [-0.39, 0.29) is 12.6 Å². The quantitative estimate of drug-likeness (QED) is 0.563. The second-order valence-corrected chi connectivity index (χ2v) is 4.53. The van der Waals surface area contributed by atoms with E-state index in [1.165, 1.54) is 0 Å². The highest BCUT2D eigenvalue weighted by atomic mass is 16.5. The number of anilines is 2. The van der Waals surface area contributed by atoms with Gasteiger partial charge in [-0.15, -0.1) is 0 Å². The van der Waals surface area contributed by atoms with Crippen LogP contribution in [-0.2, 0) is 4.74 Å². The van der Waals surface area contributed by atoms with Gasteiger partial charge >= 0.3 is 5.97 Å². The van der Waals surface area contributed by atoms with E-state index >= 15 is 0 Å². The Morgan fingerprint density at radius 2 is 2.10 bits per heavy atom. The molecule has 112 valence electrons. The molecule has 5 heteroatoms. The van der Waals surface area contributed by atoms with Gasteiger partial charge in [-0.2, -0.15) is 0 Å². The van der Waals surface area contributed by atoms with Gasteiger partial charge < -0.3 is 20.5 Å². The minimum atomic E-state index is -0.380. The summed E-state index contributed by atoms with van der Waals surface area (Å²) in [5.41, 5.74) is 7.67. The van der Waals surface area contributed by atoms with Crippen molar-refractivity contribution in [3.05, 3.63) is 23.8 Å². The lowest BCUT2D eigenvalue weighted by Gasteiger charge is -2.27. The third-order valence-electron chi connectivity index (χ3n) is 3.03. The smallest absolute Gasteiger partial charge is 0.340 e. The van der Waals surface area contributed by atoms with Crippen LogP contribution in [0.5, 0.6) is 0 Å². The molecule has 0 aliphatic heterocycles. The highest BCUT2D eigenvalue weighted by Gasteiger charge is 2.19. The van der Waals surface area contributed by atoms with Crippen molar-refractivity contribution in [2.75, 3.05) is 36.9 Å². The first-order valence-corrected chi connectivity index (χ1v) is 7.07. The zero-order valence-electron chi connectivity index (χ0n) is 12.3. The molecule has 1 aromatic rings.